The first-order valence-electron chi connectivity index (χ1n) is 11.6. The number of rotatable bonds is 20. The fourth-order valence-corrected chi connectivity index (χ4v) is 3.71. The van der Waals surface area contributed by atoms with Crippen LogP contribution in [0.5, 0.6) is 0 Å². The van der Waals surface area contributed by atoms with E-state index in [1.54, 1.807) is 7.05 Å². The lowest BCUT2D eigenvalue weighted by Gasteiger charge is -2.33. The molecular weight excluding hydrogens is 306 g/mol. The molecule has 0 aromatic heterocycles. The van der Waals surface area contributed by atoms with Gasteiger partial charge in [-0.25, -0.2) is 0 Å². The maximum atomic E-state index is 11.8. The van der Waals surface area contributed by atoms with Crippen molar-refractivity contribution in [2.45, 2.75) is 142 Å². The second-order valence-corrected chi connectivity index (χ2v) is 8.08. The molecule has 25 heavy (non-hydrogen) atoms. The Balaban J connectivity index is 3.46. The lowest BCUT2D eigenvalue weighted by molar-refractivity contribution is 0.280. The molecule has 0 aliphatic carbocycles. The molecule has 0 fully saturated rings. The predicted octanol–water partition coefficient (Wildman–Crippen LogP) is 8.24. The van der Waals surface area contributed by atoms with Crippen LogP contribution < -0.4 is 0 Å². The number of hydrogen-bond donors (Lipinski definition) is 0. The third-order valence-corrected chi connectivity index (χ3v) is 5.55. The second-order valence-electron chi connectivity index (χ2n) is 8.08. The van der Waals surface area contributed by atoms with E-state index in [9.17, 15) is 5.21 Å². The van der Waals surface area contributed by atoms with Crippen LogP contribution in [-0.4, -0.2) is 18.2 Å². The Morgan fingerprint density at radius 1 is 0.520 bits per heavy atom. The molecule has 0 amide bonds. The molecule has 0 aliphatic heterocycles. The molecule has 0 N–H and O–H groups in total. The van der Waals surface area contributed by atoms with Gasteiger partial charge in [0.05, 0.1) is 0 Å². The van der Waals surface area contributed by atoms with Gasteiger partial charge in [-0.05, 0) is 25.9 Å². The van der Waals surface area contributed by atoms with E-state index in [4.69, 9.17) is 0 Å². The molecule has 0 aliphatic rings. The van der Waals surface area contributed by atoms with Crippen LogP contribution >= 0.6 is 0 Å². The summed E-state index contributed by atoms with van der Waals surface area (Å²) >= 11 is 0. The second kappa shape index (κ2) is 20.2. The van der Waals surface area contributed by atoms with Gasteiger partial charge in [0.15, 0.2) is 0 Å². The van der Waals surface area contributed by atoms with E-state index in [2.05, 4.69) is 13.8 Å². The van der Waals surface area contributed by atoms with Crippen molar-refractivity contribution in [2.24, 2.45) is 0 Å². The van der Waals surface area contributed by atoms with Gasteiger partial charge in [-0.15, -0.1) is 0 Å². The van der Waals surface area contributed by atoms with Crippen LogP contribution in [0.25, 0.3) is 0 Å². The molecule has 0 spiro atoms. The minimum atomic E-state index is 0.268. The molecule has 0 bridgehead atoms. The smallest absolute Gasteiger partial charge is 0.00282 e. The molecule has 0 heterocycles. The zero-order chi connectivity index (χ0) is 18.6. The van der Waals surface area contributed by atoms with Crippen LogP contribution in [0.2, 0.25) is 0 Å². The first kappa shape index (κ1) is 24.9. The normalized spacial score (nSPS) is 12.8. The largest absolute Gasteiger partial charge is 0.785 e. The van der Waals surface area contributed by atoms with E-state index in [1.165, 1.54) is 114 Å². The molecule has 0 aromatic rings. The van der Waals surface area contributed by atoms with Crippen LogP contribution in [0.3, 0.4) is 0 Å². The van der Waals surface area contributed by atoms with Crippen LogP contribution in [0, 0.1) is 5.21 Å². The summed E-state index contributed by atoms with van der Waals surface area (Å²) < 4.78 is 0. The molecule has 1 atom stereocenters. The van der Waals surface area contributed by atoms with Gasteiger partial charge in [0.1, 0.15) is 0 Å². The molecule has 2 heteroatoms. The monoisotopic (exact) mass is 354 g/mol. The molecule has 0 rings (SSSR count). The van der Waals surface area contributed by atoms with Gasteiger partial charge in [0, 0.05) is 0 Å². The summed E-state index contributed by atoms with van der Waals surface area (Å²) in [4.78, 5) is 0. The average molecular weight is 355 g/mol. The van der Waals surface area contributed by atoms with E-state index < -0.39 is 0 Å². The quantitative estimate of drug-likeness (QED) is 0.162. The van der Waals surface area contributed by atoms with E-state index in [1.807, 2.05) is 0 Å². The highest BCUT2D eigenvalue weighted by atomic mass is 16.5. The summed E-state index contributed by atoms with van der Waals surface area (Å²) in [5.74, 6) is 0. The van der Waals surface area contributed by atoms with E-state index >= 15 is 0 Å². The van der Waals surface area contributed by atoms with Gasteiger partial charge in [0.2, 0.25) is 0 Å². The lowest BCUT2D eigenvalue weighted by Crippen LogP contribution is -2.26. The van der Waals surface area contributed by atoms with Gasteiger partial charge in [-0.1, -0.05) is 123 Å². The minimum Gasteiger partial charge on any atom is -0.785 e. The summed E-state index contributed by atoms with van der Waals surface area (Å²) in [5, 5.41) is 13.0. The maximum absolute atomic E-state index is 11.8. The third-order valence-electron chi connectivity index (χ3n) is 5.55. The molecule has 0 aromatic carbocycles. The van der Waals surface area contributed by atoms with E-state index in [-0.39, 0.29) is 6.04 Å². The van der Waals surface area contributed by atoms with Crippen molar-refractivity contribution >= 4 is 0 Å². The van der Waals surface area contributed by atoms with Crippen molar-refractivity contribution < 1.29 is 0 Å². The summed E-state index contributed by atoms with van der Waals surface area (Å²) in [6.07, 6.45) is 25.3. The Kier molecular flexibility index (Phi) is 20.2. The molecule has 152 valence electrons. The van der Waals surface area contributed by atoms with Gasteiger partial charge in [0.25, 0.3) is 0 Å². The van der Waals surface area contributed by atoms with Gasteiger partial charge in [-0.3, -0.25) is 0 Å². The summed E-state index contributed by atoms with van der Waals surface area (Å²) in [6, 6.07) is 0.268. The highest BCUT2D eigenvalue weighted by Crippen LogP contribution is 2.18. The highest BCUT2D eigenvalue weighted by Gasteiger charge is 2.07. The van der Waals surface area contributed by atoms with Crippen LogP contribution in [0.4, 0.5) is 0 Å². The Morgan fingerprint density at radius 3 is 1.08 bits per heavy atom. The third kappa shape index (κ3) is 18.5. The van der Waals surface area contributed by atoms with E-state index in [0.29, 0.717) is 0 Å². The Morgan fingerprint density at radius 2 is 0.800 bits per heavy atom. The maximum Gasteiger partial charge on any atom is -0.00282 e. The van der Waals surface area contributed by atoms with Crippen molar-refractivity contribution in [3.63, 3.8) is 0 Å². The highest BCUT2D eigenvalue weighted by molar-refractivity contribution is 4.69. The summed E-state index contributed by atoms with van der Waals surface area (Å²) in [7, 11) is 1.73. The fourth-order valence-electron chi connectivity index (χ4n) is 3.71. The zero-order valence-electron chi connectivity index (χ0n) is 17.9. The molecule has 1 unspecified atom stereocenters. The van der Waals surface area contributed by atoms with Gasteiger partial charge >= 0.3 is 0 Å². The van der Waals surface area contributed by atoms with E-state index in [0.717, 1.165) is 12.8 Å². The first-order chi connectivity index (χ1) is 12.2. The average Bonchev–Trinajstić information content (AvgIpc) is 2.60. The zero-order valence-corrected chi connectivity index (χ0v) is 17.9. The Hall–Kier alpha value is -0.0800. The number of unbranched alkanes of at least 4 members (excludes halogenated alkanes) is 15. The van der Waals surface area contributed by atoms with Crippen LogP contribution in [0.15, 0.2) is 0 Å². The number of hydrogen-bond acceptors (Lipinski definition) is 2. The molecule has 2 nitrogen and oxygen atoms in total. The first-order valence-corrected chi connectivity index (χ1v) is 11.6. The summed E-state index contributed by atoms with van der Waals surface area (Å²) in [5.41, 5.74) is 0. The van der Waals surface area contributed by atoms with Crippen molar-refractivity contribution in [3.8, 4) is 0 Å². The fraction of sp³-hybridized carbons (Fsp3) is 1.00. The van der Waals surface area contributed by atoms with Crippen molar-refractivity contribution in [2.75, 3.05) is 7.05 Å². The standard InChI is InChI=1S/C23H48NO/c1-4-6-8-10-12-14-16-18-20-22-23(24(3)25)21-19-17-15-13-11-9-7-5-2/h23H,4-22H2,1-3H3/q-1. The van der Waals surface area contributed by atoms with Crippen molar-refractivity contribution in [1.82, 2.24) is 5.06 Å². The Labute approximate surface area is 159 Å². The van der Waals surface area contributed by atoms with Gasteiger partial charge in [-0.2, -0.15) is 0 Å². The van der Waals surface area contributed by atoms with Crippen LogP contribution in [0.1, 0.15) is 136 Å². The predicted molar refractivity (Wildman–Crippen MR) is 114 cm³/mol. The van der Waals surface area contributed by atoms with Crippen molar-refractivity contribution in [3.05, 3.63) is 5.21 Å². The number of hydroxylamine groups is 2. The van der Waals surface area contributed by atoms with Crippen LogP contribution in [-0.2, 0) is 0 Å². The van der Waals surface area contributed by atoms with Gasteiger partial charge < -0.3 is 10.3 Å². The number of nitrogens with zero attached hydrogens (tertiary/aromatic N) is 1. The minimum absolute atomic E-state index is 0.268. The molecular formula is C23H48NO-. The molecule has 0 radical (unpaired) electrons. The Bertz CT molecular complexity index is 242. The topological polar surface area (TPSA) is 26.3 Å². The SMILES string of the molecule is CCCCCCCCCCCC(CCCCCCCCCC)N(C)[O-]. The van der Waals surface area contributed by atoms with Crippen molar-refractivity contribution in [1.29, 1.82) is 0 Å². The molecule has 0 saturated carbocycles. The summed E-state index contributed by atoms with van der Waals surface area (Å²) in [6.45, 7) is 4.55. The molecule has 0 saturated heterocycles. The lowest BCUT2D eigenvalue weighted by atomic mass is 9.99.